The maximum Gasteiger partial charge on any atom is 0.253 e. The lowest BCUT2D eigenvalue weighted by molar-refractivity contribution is 0.0235. The number of benzene rings is 1. The number of pyridine rings is 1. The van der Waals surface area contributed by atoms with Crippen LogP contribution in [0.5, 0.6) is 0 Å². The first kappa shape index (κ1) is 14.9. The Balaban J connectivity index is 1.58. The van der Waals surface area contributed by atoms with E-state index in [4.69, 9.17) is 0 Å². The fraction of sp³-hybridized carbons (Fsp3) is 0.263. The van der Waals surface area contributed by atoms with Crippen LogP contribution in [0.3, 0.4) is 0 Å². The maximum absolute atomic E-state index is 12.7. The second-order valence-electron chi connectivity index (χ2n) is 6.36. The highest BCUT2D eigenvalue weighted by Crippen LogP contribution is 2.38. The molecule has 1 atom stereocenters. The molecule has 1 aromatic carbocycles. The Morgan fingerprint density at radius 1 is 1.21 bits per heavy atom. The summed E-state index contributed by atoms with van der Waals surface area (Å²) in [6.45, 7) is 0. The minimum absolute atomic E-state index is 0.0828. The fourth-order valence-corrected chi connectivity index (χ4v) is 3.31. The summed E-state index contributed by atoms with van der Waals surface area (Å²) in [5.41, 5.74) is 2.49. The summed E-state index contributed by atoms with van der Waals surface area (Å²) in [5, 5.41) is 12.8. The smallest absolute Gasteiger partial charge is 0.253 e. The number of nitrogens with zero attached hydrogens (tertiary/aromatic N) is 2. The molecule has 122 valence electrons. The number of rotatable bonds is 4. The van der Waals surface area contributed by atoms with Gasteiger partial charge in [0.15, 0.2) is 0 Å². The van der Waals surface area contributed by atoms with Crippen molar-refractivity contribution in [2.24, 2.45) is 5.92 Å². The largest absolute Gasteiger partial charge is 0.393 e. The first-order valence-electron chi connectivity index (χ1n) is 8.17. The molecule has 1 amide bonds. The zero-order valence-electron chi connectivity index (χ0n) is 13.2. The van der Waals surface area contributed by atoms with Gasteiger partial charge in [0, 0.05) is 18.6 Å². The molecule has 24 heavy (non-hydrogen) atoms. The van der Waals surface area contributed by atoms with Crippen molar-refractivity contribution in [3.05, 3.63) is 72.2 Å². The summed E-state index contributed by atoms with van der Waals surface area (Å²) in [4.78, 5) is 16.9. The van der Waals surface area contributed by atoms with Crippen molar-refractivity contribution < 1.29 is 9.90 Å². The molecule has 1 fully saturated rings. The SMILES string of the molecule is O=C(NC(c1ccccc1)C1CC(O)C1)c1ccc2nccn2c1. The van der Waals surface area contributed by atoms with Gasteiger partial charge in [0.25, 0.3) is 5.91 Å². The summed E-state index contributed by atoms with van der Waals surface area (Å²) in [5.74, 6) is 0.157. The summed E-state index contributed by atoms with van der Waals surface area (Å²) in [6.07, 6.45) is 6.51. The van der Waals surface area contributed by atoms with Gasteiger partial charge in [-0.2, -0.15) is 0 Å². The van der Waals surface area contributed by atoms with Crippen molar-refractivity contribution in [3.8, 4) is 0 Å². The van der Waals surface area contributed by atoms with Crippen molar-refractivity contribution in [2.45, 2.75) is 25.0 Å². The Labute approximate surface area is 140 Å². The number of aliphatic hydroxyl groups is 1. The average Bonchev–Trinajstić information content (AvgIpc) is 3.05. The van der Waals surface area contributed by atoms with E-state index in [1.165, 1.54) is 0 Å². The second kappa shape index (κ2) is 6.09. The molecule has 1 saturated carbocycles. The number of hydrogen-bond donors (Lipinski definition) is 2. The van der Waals surface area contributed by atoms with E-state index in [1.807, 2.05) is 47.0 Å². The molecule has 2 N–H and O–H groups in total. The summed E-state index contributed by atoms with van der Waals surface area (Å²) >= 11 is 0. The molecule has 5 nitrogen and oxygen atoms in total. The Bertz CT molecular complexity index is 853. The minimum Gasteiger partial charge on any atom is -0.393 e. The van der Waals surface area contributed by atoms with Crippen molar-refractivity contribution in [2.75, 3.05) is 0 Å². The van der Waals surface area contributed by atoms with Gasteiger partial charge in [-0.15, -0.1) is 0 Å². The summed E-state index contributed by atoms with van der Waals surface area (Å²) in [7, 11) is 0. The van der Waals surface area contributed by atoms with E-state index in [9.17, 15) is 9.90 Å². The van der Waals surface area contributed by atoms with Crippen molar-refractivity contribution in [1.29, 1.82) is 0 Å². The number of fused-ring (bicyclic) bond motifs is 1. The summed E-state index contributed by atoms with van der Waals surface area (Å²) in [6, 6.07) is 13.5. The Hall–Kier alpha value is -2.66. The standard InChI is InChI=1S/C19H19N3O2/c23-16-10-15(11-16)18(13-4-2-1-3-5-13)21-19(24)14-6-7-17-20-8-9-22(17)12-14/h1-9,12,15-16,18,23H,10-11H2,(H,21,24). The van der Waals surface area contributed by atoms with Crippen molar-refractivity contribution in [3.63, 3.8) is 0 Å². The van der Waals surface area contributed by atoms with Gasteiger partial charge in [0.05, 0.1) is 17.7 Å². The molecule has 1 aliphatic carbocycles. The van der Waals surface area contributed by atoms with Crippen LogP contribution in [0.4, 0.5) is 0 Å². The van der Waals surface area contributed by atoms with E-state index in [1.54, 1.807) is 18.5 Å². The van der Waals surface area contributed by atoms with E-state index >= 15 is 0 Å². The molecule has 2 heterocycles. The Morgan fingerprint density at radius 2 is 2.00 bits per heavy atom. The summed E-state index contributed by atoms with van der Waals surface area (Å²) < 4.78 is 1.83. The maximum atomic E-state index is 12.7. The van der Waals surface area contributed by atoms with E-state index < -0.39 is 0 Å². The van der Waals surface area contributed by atoms with Gasteiger partial charge in [0.2, 0.25) is 0 Å². The zero-order valence-corrected chi connectivity index (χ0v) is 13.2. The quantitative estimate of drug-likeness (QED) is 0.776. The van der Waals surface area contributed by atoms with Crippen LogP contribution in [0.1, 0.15) is 34.8 Å². The van der Waals surface area contributed by atoms with Gasteiger partial charge in [-0.1, -0.05) is 30.3 Å². The lowest BCUT2D eigenvalue weighted by Crippen LogP contribution is -2.41. The first-order chi connectivity index (χ1) is 11.7. The molecule has 0 radical (unpaired) electrons. The number of aromatic nitrogens is 2. The van der Waals surface area contributed by atoms with Crippen LogP contribution >= 0.6 is 0 Å². The van der Waals surface area contributed by atoms with E-state index in [-0.39, 0.29) is 24.0 Å². The minimum atomic E-state index is -0.250. The molecule has 1 aliphatic rings. The van der Waals surface area contributed by atoms with Crippen LogP contribution in [-0.4, -0.2) is 26.5 Å². The average molecular weight is 321 g/mol. The predicted molar refractivity (Wildman–Crippen MR) is 90.6 cm³/mol. The van der Waals surface area contributed by atoms with Gasteiger partial charge >= 0.3 is 0 Å². The highest BCUT2D eigenvalue weighted by molar-refractivity contribution is 5.94. The number of amides is 1. The normalized spacial score (nSPS) is 21.2. The van der Waals surface area contributed by atoms with Crippen molar-refractivity contribution in [1.82, 2.24) is 14.7 Å². The first-order valence-corrected chi connectivity index (χ1v) is 8.17. The number of imidazole rings is 1. The monoisotopic (exact) mass is 321 g/mol. The number of carbonyl (C=O) groups is 1. The number of carbonyl (C=O) groups excluding carboxylic acids is 1. The molecule has 0 bridgehead atoms. The number of aliphatic hydroxyl groups excluding tert-OH is 1. The van der Waals surface area contributed by atoms with Gasteiger partial charge in [-0.05, 0) is 36.5 Å². The fourth-order valence-electron chi connectivity index (χ4n) is 3.31. The van der Waals surface area contributed by atoms with Crippen molar-refractivity contribution >= 4 is 11.6 Å². The van der Waals surface area contributed by atoms with Crippen LogP contribution in [0.15, 0.2) is 61.1 Å². The molecule has 2 aromatic heterocycles. The molecule has 0 spiro atoms. The second-order valence-corrected chi connectivity index (χ2v) is 6.36. The lowest BCUT2D eigenvalue weighted by atomic mass is 9.75. The third kappa shape index (κ3) is 2.78. The van der Waals surface area contributed by atoms with Gasteiger partial charge in [-0.3, -0.25) is 4.79 Å². The molecule has 5 heteroatoms. The van der Waals surface area contributed by atoms with Crippen LogP contribution in [0.2, 0.25) is 0 Å². The Morgan fingerprint density at radius 3 is 2.75 bits per heavy atom. The molecule has 1 unspecified atom stereocenters. The van der Waals surface area contributed by atoms with Crippen LogP contribution < -0.4 is 5.32 Å². The highest BCUT2D eigenvalue weighted by atomic mass is 16.3. The van der Waals surface area contributed by atoms with Gasteiger partial charge in [-0.25, -0.2) is 4.98 Å². The van der Waals surface area contributed by atoms with Crippen LogP contribution in [-0.2, 0) is 0 Å². The topological polar surface area (TPSA) is 66.6 Å². The highest BCUT2D eigenvalue weighted by Gasteiger charge is 2.35. The van der Waals surface area contributed by atoms with Crippen LogP contribution in [0.25, 0.3) is 5.65 Å². The van der Waals surface area contributed by atoms with Crippen LogP contribution in [0, 0.1) is 5.92 Å². The van der Waals surface area contributed by atoms with E-state index in [2.05, 4.69) is 10.3 Å². The third-order valence-corrected chi connectivity index (χ3v) is 4.72. The lowest BCUT2D eigenvalue weighted by Gasteiger charge is -2.38. The molecule has 0 saturated heterocycles. The molecular weight excluding hydrogens is 302 g/mol. The zero-order chi connectivity index (χ0) is 16.5. The van der Waals surface area contributed by atoms with Gasteiger partial charge in [0.1, 0.15) is 5.65 Å². The van der Waals surface area contributed by atoms with E-state index in [0.29, 0.717) is 5.56 Å². The number of hydrogen-bond acceptors (Lipinski definition) is 3. The Kier molecular flexibility index (Phi) is 3.78. The predicted octanol–water partition coefficient (Wildman–Crippen LogP) is 2.58. The molecule has 4 rings (SSSR count). The van der Waals surface area contributed by atoms with E-state index in [0.717, 1.165) is 24.1 Å². The third-order valence-electron chi connectivity index (χ3n) is 4.72. The molecule has 3 aromatic rings. The molecule has 0 aliphatic heterocycles. The van der Waals surface area contributed by atoms with Gasteiger partial charge < -0.3 is 14.8 Å². The number of nitrogens with one attached hydrogen (secondary N) is 1. The molecular formula is C19H19N3O2.